The number of hydrogen-bond donors (Lipinski definition) is 1. The van der Waals surface area contributed by atoms with Gasteiger partial charge < -0.3 is 15.0 Å². The van der Waals surface area contributed by atoms with Gasteiger partial charge in [-0.1, -0.05) is 30.3 Å². The molecule has 2 saturated heterocycles. The van der Waals surface area contributed by atoms with Crippen molar-refractivity contribution in [2.75, 3.05) is 59.0 Å². The van der Waals surface area contributed by atoms with Gasteiger partial charge >= 0.3 is 6.03 Å². The number of ether oxygens (including phenoxy) is 1. The van der Waals surface area contributed by atoms with Crippen molar-refractivity contribution >= 4 is 6.03 Å². The van der Waals surface area contributed by atoms with E-state index in [1.807, 2.05) is 4.90 Å². The molecule has 0 saturated carbocycles. The molecule has 0 aliphatic carbocycles. The summed E-state index contributed by atoms with van der Waals surface area (Å²) in [4.78, 5) is 19.0. The first-order valence-electron chi connectivity index (χ1n) is 9.32. The molecule has 2 amide bonds. The minimum absolute atomic E-state index is 0.0403. The molecule has 0 spiro atoms. The van der Waals surface area contributed by atoms with Gasteiger partial charge in [-0.05, 0) is 12.5 Å². The third-order valence-corrected chi connectivity index (χ3v) is 4.91. The van der Waals surface area contributed by atoms with Crippen LogP contribution in [-0.4, -0.2) is 85.8 Å². The molecule has 0 aromatic heterocycles. The number of amides is 2. The average molecular weight is 346 g/mol. The highest BCUT2D eigenvalue weighted by molar-refractivity contribution is 5.74. The van der Waals surface area contributed by atoms with E-state index in [4.69, 9.17) is 4.74 Å². The van der Waals surface area contributed by atoms with Crippen molar-refractivity contribution in [3.63, 3.8) is 0 Å². The predicted octanol–water partition coefficient (Wildman–Crippen LogP) is 1.23. The van der Waals surface area contributed by atoms with Gasteiger partial charge in [0, 0.05) is 58.4 Å². The van der Waals surface area contributed by atoms with E-state index in [-0.39, 0.29) is 12.1 Å². The zero-order valence-corrected chi connectivity index (χ0v) is 15.2. The fourth-order valence-electron chi connectivity index (χ4n) is 3.47. The van der Waals surface area contributed by atoms with Crippen LogP contribution in [0, 0.1) is 0 Å². The molecule has 2 aliphatic rings. The van der Waals surface area contributed by atoms with Gasteiger partial charge in [0.2, 0.25) is 0 Å². The summed E-state index contributed by atoms with van der Waals surface area (Å²) in [7, 11) is 0. The van der Waals surface area contributed by atoms with Gasteiger partial charge in [-0.3, -0.25) is 9.80 Å². The molecular weight excluding hydrogens is 316 g/mol. The van der Waals surface area contributed by atoms with Crippen LogP contribution >= 0.6 is 0 Å². The van der Waals surface area contributed by atoms with Crippen LogP contribution in [0.5, 0.6) is 0 Å². The maximum absolute atomic E-state index is 12.2. The van der Waals surface area contributed by atoms with Gasteiger partial charge in [0.1, 0.15) is 0 Å². The fourth-order valence-corrected chi connectivity index (χ4v) is 3.47. The number of hydrogen-bond acceptors (Lipinski definition) is 4. The Morgan fingerprint density at radius 1 is 1.04 bits per heavy atom. The standard InChI is InChI=1S/C19H30N4O2/c1-17(20-19(24)23-11-13-25-14-12-23)15-21-7-9-22(10-8-21)16-18-5-3-2-4-6-18/h2-6,17H,7-16H2,1H3,(H,20,24)/t17-/m0/s1. The Morgan fingerprint density at radius 3 is 2.36 bits per heavy atom. The highest BCUT2D eigenvalue weighted by Crippen LogP contribution is 2.09. The molecule has 1 aromatic carbocycles. The summed E-state index contributed by atoms with van der Waals surface area (Å²) < 4.78 is 5.29. The molecule has 0 bridgehead atoms. The lowest BCUT2D eigenvalue weighted by Crippen LogP contribution is -2.53. The van der Waals surface area contributed by atoms with Crippen molar-refractivity contribution in [2.24, 2.45) is 0 Å². The van der Waals surface area contributed by atoms with Crippen LogP contribution in [0.2, 0.25) is 0 Å². The smallest absolute Gasteiger partial charge is 0.317 e. The van der Waals surface area contributed by atoms with E-state index in [1.165, 1.54) is 5.56 Å². The summed E-state index contributed by atoms with van der Waals surface area (Å²) in [6.45, 7) is 11.0. The normalized spacial score (nSPS) is 21.1. The molecule has 0 unspecified atom stereocenters. The average Bonchev–Trinajstić information content (AvgIpc) is 2.65. The van der Waals surface area contributed by atoms with Crippen molar-refractivity contribution in [2.45, 2.75) is 19.5 Å². The SMILES string of the molecule is C[C@@H](CN1CCN(Cc2ccccc2)CC1)NC(=O)N1CCOCC1. The Hall–Kier alpha value is -1.63. The molecule has 2 fully saturated rings. The number of benzene rings is 1. The van der Waals surface area contributed by atoms with Crippen LogP contribution in [-0.2, 0) is 11.3 Å². The van der Waals surface area contributed by atoms with Crippen LogP contribution in [0.1, 0.15) is 12.5 Å². The molecule has 3 rings (SSSR count). The Kier molecular flexibility index (Phi) is 6.67. The zero-order valence-electron chi connectivity index (χ0n) is 15.2. The van der Waals surface area contributed by atoms with Crippen molar-refractivity contribution in [3.8, 4) is 0 Å². The summed E-state index contributed by atoms with van der Waals surface area (Å²) in [6, 6.07) is 10.9. The van der Waals surface area contributed by atoms with Crippen molar-refractivity contribution in [1.82, 2.24) is 20.0 Å². The first-order chi connectivity index (χ1) is 12.2. The van der Waals surface area contributed by atoms with Gasteiger partial charge in [0.15, 0.2) is 0 Å². The van der Waals surface area contributed by atoms with Crippen LogP contribution < -0.4 is 5.32 Å². The first kappa shape index (κ1) is 18.2. The second-order valence-electron chi connectivity index (χ2n) is 7.01. The van der Waals surface area contributed by atoms with Gasteiger partial charge in [0.25, 0.3) is 0 Å². The van der Waals surface area contributed by atoms with Gasteiger partial charge in [-0.2, -0.15) is 0 Å². The number of morpholine rings is 1. The topological polar surface area (TPSA) is 48.0 Å². The lowest BCUT2D eigenvalue weighted by atomic mass is 10.2. The molecule has 0 radical (unpaired) electrons. The van der Waals surface area contributed by atoms with E-state index in [1.54, 1.807) is 0 Å². The van der Waals surface area contributed by atoms with E-state index < -0.39 is 0 Å². The van der Waals surface area contributed by atoms with E-state index in [0.717, 1.165) is 39.3 Å². The number of piperazine rings is 1. The molecule has 25 heavy (non-hydrogen) atoms. The summed E-state index contributed by atoms with van der Waals surface area (Å²) >= 11 is 0. The summed E-state index contributed by atoms with van der Waals surface area (Å²) in [5, 5.41) is 3.12. The highest BCUT2D eigenvalue weighted by atomic mass is 16.5. The summed E-state index contributed by atoms with van der Waals surface area (Å²) in [6.07, 6.45) is 0. The predicted molar refractivity (Wildman–Crippen MR) is 98.5 cm³/mol. The third kappa shape index (κ3) is 5.70. The molecule has 1 atom stereocenters. The summed E-state index contributed by atoms with van der Waals surface area (Å²) in [5.74, 6) is 0. The second-order valence-corrected chi connectivity index (χ2v) is 7.01. The number of urea groups is 1. The third-order valence-electron chi connectivity index (χ3n) is 4.91. The van der Waals surface area contributed by atoms with Crippen LogP contribution in [0.15, 0.2) is 30.3 Å². The number of nitrogens with zero attached hydrogens (tertiary/aromatic N) is 3. The van der Waals surface area contributed by atoms with Gasteiger partial charge in [0.05, 0.1) is 13.2 Å². The van der Waals surface area contributed by atoms with Crippen molar-refractivity contribution < 1.29 is 9.53 Å². The molecule has 2 aliphatic heterocycles. The molecule has 138 valence electrons. The number of carbonyl (C=O) groups excluding carboxylic acids is 1. The number of carbonyl (C=O) groups is 1. The molecule has 1 N–H and O–H groups in total. The lowest BCUT2D eigenvalue weighted by Gasteiger charge is -2.36. The van der Waals surface area contributed by atoms with Crippen LogP contribution in [0.3, 0.4) is 0 Å². The van der Waals surface area contributed by atoms with Crippen molar-refractivity contribution in [1.29, 1.82) is 0 Å². The monoisotopic (exact) mass is 346 g/mol. The summed E-state index contributed by atoms with van der Waals surface area (Å²) in [5.41, 5.74) is 1.38. The van der Waals surface area contributed by atoms with E-state index >= 15 is 0 Å². The Labute approximate surface area is 150 Å². The zero-order chi connectivity index (χ0) is 17.5. The molecule has 6 nitrogen and oxygen atoms in total. The van der Waals surface area contributed by atoms with Gasteiger partial charge in [-0.25, -0.2) is 4.79 Å². The quantitative estimate of drug-likeness (QED) is 0.871. The van der Waals surface area contributed by atoms with Crippen LogP contribution in [0.4, 0.5) is 4.79 Å². The van der Waals surface area contributed by atoms with Gasteiger partial charge in [-0.15, -0.1) is 0 Å². The van der Waals surface area contributed by atoms with E-state index in [0.29, 0.717) is 26.3 Å². The Balaban J connectivity index is 1.36. The molecular formula is C19H30N4O2. The maximum atomic E-state index is 12.2. The Morgan fingerprint density at radius 2 is 1.68 bits per heavy atom. The fraction of sp³-hybridized carbons (Fsp3) is 0.632. The largest absolute Gasteiger partial charge is 0.378 e. The molecule has 6 heteroatoms. The first-order valence-corrected chi connectivity index (χ1v) is 9.32. The molecule has 2 heterocycles. The van der Waals surface area contributed by atoms with E-state index in [9.17, 15) is 4.79 Å². The highest BCUT2D eigenvalue weighted by Gasteiger charge is 2.21. The lowest BCUT2D eigenvalue weighted by molar-refractivity contribution is 0.0518. The minimum Gasteiger partial charge on any atom is -0.378 e. The van der Waals surface area contributed by atoms with E-state index in [2.05, 4.69) is 52.4 Å². The Bertz CT molecular complexity index is 525. The number of rotatable bonds is 5. The number of nitrogens with one attached hydrogen (secondary N) is 1. The maximum Gasteiger partial charge on any atom is 0.317 e. The van der Waals surface area contributed by atoms with Crippen LogP contribution in [0.25, 0.3) is 0 Å². The minimum atomic E-state index is 0.0403. The van der Waals surface area contributed by atoms with Crippen molar-refractivity contribution in [3.05, 3.63) is 35.9 Å². The second kappa shape index (κ2) is 9.17. The molecule has 1 aromatic rings.